The third-order valence-corrected chi connectivity index (χ3v) is 4.55. The fourth-order valence-corrected chi connectivity index (χ4v) is 3.15. The summed E-state index contributed by atoms with van der Waals surface area (Å²) in [5, 5.41) is 3.50. The Labute approximate surface area is 125 Å². The van der Waals surface area contributed by atoms with Crippen molar-refractivity contribution >= 4 is 11.9 Å². The molecule has 5 heteroatoms. The van der Waals surface area contributed by atoms with E-state index in [1.807, 2.05) is 6.92 Å². The van der Waals surface area contributed by atoms with Gasteiger partial charge in [-0.05, 0) is 43.7 Å². The smallest absolute Gasteiger partial charge is 0.228 e. The van der Waals surface area contributed by atoms with Crippen LogP contribution in [0.25, 0.3) is 0 Å². The summed E-state index contributed by atoms with van der Waals surface area (Å²) in [5.74, 6) is 1.91. The van der Waals surface area contributed by atoms with E-state index in [1.54, 1.807) is 0 Å². The number of hydrogen-bond donors (Lipinski definition) is 2. The van der Waals surface area contributed by atoms with Crippen LogP contribution in [-0.4, -0.2) is 15.0 Å². The maximum Gasteiger partial charge on any atom is 0.228 e. The normalized spacial score (nSPS) is 24.4. The van der Waals surface area contributed by atoms with Crippen LogP contribution in [0.15, 0.2) is 24.3 Å². The Balaban J connectivity index is 2.03. The second kappa shape index (κ2) is 4.98. The summed E-state index contributed by atoms with van der Waals surface area (Å²) in [6.45, 7) is 6.30. The third-order valence-electron chi connectivity index (χ3n) is 4.55. The van der Waals surface area contributed by atoms with Gasteiger partial charge in [-0.3, -0.25) is 0 Å². The second-order valence-electron chi connectivity index (χ2n) is 5.99. The van der Waals surface area contributed by atoms with E-state index in [1.165, 1.54) is 11.1 Å². The Morgan fingerprint density at radius 1 is 1.24 bits per heavy atom. The fraction of sp³-hybridized carbons (Fsp3) is 0.438. The van der Waals surface area contributed by atoms with Gasteiger partial charge in [0.2, 0.25) is 11.9 Å². The van der Waals surface area contributed by atoms with Crippen molar-refractivity contribution in [3.63, 3.8) is 0 Å². The summed E-state index contributed by atoms with van der Waals surface area (Å²) >= 11 is 0. The zero-order chi connectivity index (χ0) is 15.0. The summed E-state index contributed by atoms with van der Waals surface area (Å²) in [6, 6.07) is 8.58. The molecule has 2 atom stereocenters. The average molecular weight is 283 g/mol. The molecule has 0 unspecified atom stereocenters. The third kappa shape index (κ3) is 2.44. The van der Waals surface area contributed by atoms with Crippen molar-refractivity contribution in [1.82, 2.24) is 15.0 Å². The van der Waals surface area contributed by atoms with Gasteiger partial charge in [-0.2, -0.15) is 15.0 Å². The Hall–Kier alpha value is -2.17. The highest BCUT2D eigenvalue weighted by molar-refractivity contribution is 5.44. The van der Waals surface area contributed by atoms with Gasteiger partial charge in [-0.15, -0.1) is 0 Å². The molecule has 3 N–H and O–H groups in total. The molecule has 1 aromatic carbocycles. The molecule has 5 nitrogen and oxygen atoms in total. The van der Waals surface area contributed by atoms with Gasteiger partial charge < -0.3 is 11.1 Å². The van der Waals surface area contributed by atoms with Crippen molar-refractivity contribution in [2.24, 2.45) is 5.92 Å². The van der Waals surface area contributed by atoms with Gasteiger partial charge in [-0.25, -0.2) is 0 Å². The van der Waals surface area contributed by atoms with Gasteiger partial charge >= 0.3 is 0 Å². The molecular weight excluding hydrogens is 262 g/mol. The molecule has 1 aliphatic carbocycles. The van der Waals surface area contributed by atoms with Crippen molar-refractivity contribution < 1.29 is 0 Å². The molecule has 0 saturated carbocycles. The highest BCUT2D eigenvalue weighted by Crippen LogP contribution is 2.41. The summed E-state index contributed by atoms with van der Waals surface area (Å²) in [6.07, 6.45) is 2.26. The summed E-state index contributed by atoms with van der Waals surface area (Å²) in [4.78, 5) is 12.6. The molecule has 0 fully saturated rings. The van der Waals surface area contributed by atoms with Crippen LogP contribution < -0.4 is 11.1 Å². The van der Waals surface area contributed by atoms with E-state index in [0.717, 1.165) is 12.8 Å². The standard InChI is InChI=1S/C16H21N5/c1-10-8-9-12-6-4-5-7-13(12)16(10,3)21-15-19-11(2)18-14(17)20-15/h4-7,10H,8-9H2,1-3H3,(H3,17,18,19,20,21)/t10-,16+/m0/s1. The topological polar surface area (TPSA) is 76.7 Å². The number of nitrogen functional groups attached to an aromatic ring is 1. The number of aryl methyl sites for hydroxylation is 2. The van der Waals surface area contributed by atoms with Crippen molar-refractivity contribution in [3.05, 3.63) is 41.2 Å². The number of rotatable bonds is 2. The van der Waals surface area contributed by atoms with Crippen LogP contribution in [0.2, 0.25) is 0 Å². The highest BCUT2D eigenvalue weighted by Gasteiger charge is 2.38. The van der Waals surface area contributed by atoms with E-state index in [-0.39, 0.29) is 11.5 Å². The first-order chi connectivity index (χ1) is 9.99. The number of nitrogens with zero attached hydrogens (tertiary/aromatic N) is 3. The maximum absolute atomic E-state index is 5.73. The van der Waals surface area contributed by atoms with Gasteiger partial charge in [-0.1, -0.05) is 31.2 Å². The van der Waals surface area contributed by atoms with Gasteiger partial charge in [0.05, 0.1) is 5.54 Å². The van der Waals surface area contributed by atoms with Crippen LogP contribution in [0.4, 0.5) is 11.9 Å². The Bertz CT molecular complexity index is 649. The highest BCUT2D eigenvalue weighted by atomic mass is 15.2. The van der Waals surface area contributed by atoms with E-state index < -0.39 is 0 Å². The molecule has 1 aliphatic rings. The summed E-state index contributed by atoms with van der Waals surface area (Å²) in [5.41, 5.74) is 8.25. The molecule has 3 rings (SSSR count). The monoisotopic (exact) mass is 283 g/mol. The van der Waals surface area contributed by atoms with Crippen LogP contribution in [0, 0.1) is 12.8 Å². The lowest BCUT2D eigenvalue weighted by Gasteiger charge is -2.42. The number of nitrogens with one attached hydrogen (secondary N) is 1. The molecule has 1 heterocycles. The van der Waals surface area contributed by atoms with Crippen LogP contribution >= 0.6 is 0 Å². The predicted octanol–water partition coefficient (Wildman–Crippen LogP) is 2.67. The minimum Gasteiger partial charge on any atom is -0.368 e. The van der Waals surface area contributed by atoms with E-state index in [9.17, 15) is 0 Å². The quantitative estimate of drug-likeness (QED) is 0.886. The first kappa shape index (κ1) is 13.8. The van der Waals surface area contributed by atoms with Crippen molar-refractivity contribution in [2.45, 2.75) is 39.2 Å². The van der Waals surface area contributed by atoms with E-state index in [2.05, 4.69) is 58.4 Å². The lowest BCUT2D eigenvalue weighted by molar-refractivity contribution is 0.311. The SMILES string of the molecule is Cc1nc(N)nc(N[C@@]2(C)c3ccccc3CC[C@@H]2C)n1. The lowest BCUT2D eigenvalue weighted by atomic mass is 9.71. The van der Waals surface area contributed by atoms with Crippen molar-refractivity contribution in [1.29, 1.82) is 0 Å². The van der Waals surface area contributed by atoms with E-state index in [0.29, 0.717) is 17.7 Å². The predicted molar refractivity (Wildman–Crippen MR) is 83.9 cm³/mol. The van der Waals surface area contributed by atoms with E-state index in [4.69, 9.17) is 5.73 Å². The molecule has 0 amide bonds. The zero-order valence-electron chi connectivity index (χ0n) is 12.7. The molecule has 0 spiro atoms. The van der Waals surface area contributed by atoms with Crippen LogP contribution in [0.3, 0.4) is 0 Å². The number of fused-ring (bicyclic) bond motifs is 1. The van der Waals surface area contributed by atoms with Crippen molar-refractivity contribution in [3.8, 4) is 0 Å². The molecule has 21 heavy (non-hydrogen) atoms. The first-order valence-corrected chi connectivity index (χ1v) is 7.34. The Kier molecular flexibility index (Phi) is 3.27. The van der Waals surface area contributed by atoms with E-state index >= 15 is 0 Å². The Morgan fingerprint density at radius 3 is 2.76 bits per heavy atom. The van der Waals surface area contributed by atoms with Crippen LogP contribution in [0.5, 0.6) is 0 Å². The lowest BCUT2D eigenvalue weighted by Crippen LogP contribution is -2.43. The molecule has 1 aromatic heterocycles. The number of nitrogens with two attached hydrogens (primary N) is 1. The molecule has 0 aliphatic heterocycles. The first-order valence-electron chi connectivity index (χ1n) is 7.34. The zero-order valence-corrected chi connectivity index (χ0v) is 12.7. The number of benzene rings is 1. The summed E-state index contributed by atoms with van der Waals surface area (Å²) < 4.78 is 0. The van der Waals surface area contributed by atoms with Crippen LogP contribution in [0.1, 0.15) is 37.2 Å². The van der Waals surface area contributed by atoms with Gasteiger partial charge in [0, 0.05) is 0 Å². The van der Waals surface area contributed by atoms with Gasteiger partial charge in [0.25, 0.3) is 0 Å². The molecule has 0 saturated heterocycles. The molecule has 2 aromatic rings. The van der Waals surface area contributed by atoms with Crippen molar-refractivity contribution in [2.75, 3.05) is 11.1 Å². The molecule has 0 radical (unpaired) electrons. The maximum atomic E-state index is 5.73. The summed E-state index contributed by atoms with van der Waals surface area (Å²) in [7, 11) is 0. The van der Waals surface area contributed by atoms with Gasteiger partial charge in [0.15, 0.2) is 0 Å². The minimum atomic E-state index is -0.199. The number of aromatic nitrogens is 3. The largest absolute Gasteiger partial charge is 0.368 e. The number of hydrogen-bond acceptors (Lipinski definition) is 5. The average Bonchev–Trinajstić information content (AvgIpc) is 2.42. The fourth-order valence-electron chi connectivity index (χ4n) is 3.15. The Morgan fingerprint density at radius 2 is 2.00 bits per heavy atom. The molecule has 0 bridgehead atoms. The molecular formula is C16H21N5. The minimum absolute atomic E-state index is 0.199. The van der Waals surface area contributed by atoms with Gasteiger partial charge in [0.1, 0.15) is 5.82 Å². The molecule has 110 valence electrons. The second-order valence-corrected chi connectivity index (χ2v) is 5.99. The van der Waals surface area contributed by atoms with Crippen LogP contribution in [-0.2, 0) is 12.0 Å². The number of anilines is 2.